The largest absolute Gasteiger partial charge is 0.477 e. The zero-order chi connectivity index (χ0) is 12.2. The molecule has 1 aromatic rings. The maximum absolute atomic E-state index is 10.7. The minimum Gasteiger partial charge on any atom is -0.477 e. The van der Waals surface area contributed by atoms with Gasteiger partial charge in [-0.05, 0) is 32.4 Å². The molecule has 1 aromatic heterocycles. The first-order valence-corrected chi connectivity index (χ1v) is 5.03. The average Bonchev–Trinajstić information content (AvgIpc) is 2.17. The maximum Gasteiger partial charge on any atom is 0.354 e. The summed E-state index contributed by atoms with van der Waals surface area (Å²) in [4.78, 5) is 14.4. The van der Waals surface area contributed by atoms with Gasteiger partial charge in [-0.3, -0.25) is 0 Å². The molecule has 1 rings (SSSR count). The summed E-state index contributed by atoms with van der Waals surface area (Å²) < 4.78 is 0. The fourth-order valence-corrected chi connectivity index (χ4v) is 1.36. The van der Waals surface area contributed by atoms with E-state index in [0.29, 0.717) is 12.1 Å². The monoisotopic (exact) mass is 224 g/mol. The van der Waals surface area contributed by atoms with Crippen molar-refractivity contribution in [3.8, 4) is 0 Å². The summed E-state index contributed by atoms with van der Waals surface area (Å²) >= 11 is 0. The molecule has 16 heavy (non-hydrogen) atoms. The van der Waals surface area contributed by atoms with Crippen molar-refractivity contribution in [2.75, 3.05) is 11.9 Å². The molecule has 0 atom stereocenters. The lowest BCUT2D eigenvalue weighted by Crippen LogP contribution is -2.32. The van der Waals surface area contributed by atoms with Crippen LogP contribution in [0.2, 0.25) is 0 Å². The van der Waals surface area contributed by atoms with Crippen LogP contribution in [0.15, 0.2) is 18.3 Å². The maximum atomic E-state index is 10.7. The van der Waals surface area contributed by atoms with E-state index in [4.69, 9.17) is 10.2 Å². The Balaban J connectivity index is 2.81. The van der Waals surface area contributed by atoms with Crippen molar-refractivity contribution in [3.05, 3.63) is 24.0 Å². The van der Waals surface area contributed by atoms with Crippen LogP contribution in [0.5, 0.6) is 0 Å². The van der Waals surface area contributed by atoms with E-state index in [2.05, 4.69) is 10.3 Å². The van der Waals surface area contributed by atoms with Crippen LogP contribution in [0.1, 0.15) is 30.8 Å². The van der Waals surface area contributed by atoms with Crippen molar-refractivity contribution in [1.29, 1.82) is 0 Å². The predicted molar refractivity (Wildman–Crippen MR) is 60.6 cm³/mol. The Labute approximate surface area is 94.1 Å². The van der Waals surface area contributed by atoms with Crippen molar-refractivity contribution >= 4 is 11.7 Å². The smallest absolute Gasteiger partial charge is 0.354 e. The second-order valence-electron chi connectivity index (χ2n) is 4.22. The third kappa shape index (κ3) is 3.51. The Morgan fingerprint density at radius 1 is 1.56 bits per heavy atom. The highest BCUT2D eigenvalue weighted by Crippen LogP contribution is 2.17. The molecule has 0 amide bonds. The van der Waals surface area contributed by atoms with Crippen LogP contribution in [-0.2, 0) is 0 Å². The van der Waals surface area contributed by atoms with Crippen molar-refractivity contribution in [2.45, 2.75) is 25.8 Å². The molecular formula is C11H16N2O3. The first-order valence-electron chi connectivity index (χ1n) is 5.03. The van der Waals surface area contributed by atoms with Gasteiger partial charge in [0.2, 0.25) is 0 Å². The number of pyridine rings is 1. The lowest BCUT2D eigenvalue weighted by atomic mass is 10.0. The summed E-state index contributed by atoms with van der Waals surface area (Å²) in [6, 6.07) is 3.17. The fourth-order valence-electron chi connectivity index (χ4n) is 1.36. The molecule has 0 saturated heterocycles. The van der Waals surface area contributed by atoms with Crippen LogP contribution < -0.4 is 5.32 Å². The number of nitrogens with zero attached hydrogens (tertiary/aromatic N) is 1. The molecule has 0 aromatic carbocycles. The SMILES string of the molecule is CC(C)(CCO)Nc1ccnc(C(=O)O)c1. The number of hydrogen-bond acceptors (Lipinski definition) is 4. The Morgan fingerprint density at radius 2 is 2.25 bits per heavy atom. The van der Waals surface area contributed by atoms with Crippen molar-refractivity contribution < 1.29 is 15.0 Å². The molecule has 0 aliphatic carbocycles. The molecule has 0 aliphatic heterocycles. The van der Waals surface area contributed by atoms with E-state index < -0.39 is 5.97 Å². The number of carboxylic acid groups (broad SMARTS) is 1. The second kappa shape index (κ2) is 4.94. The van der Waals surface area contributed by atoms with E-state index in [9.17, 15) is 4.79 Å². The van der Waals surface area contributed by atoms with Gasteiger partial charge in [0.25, 0.3) is 0 Å². The predicted octanol–water partition coefficient (Wildman–Crippen LogP) is 1.35. The lowest BCUT2D eigenvalue weighted by Gasteiger charge is -2.26. The summed E-state index contributed by atoms with van der Waals surface area (Å²) in [5.74, 6) is -1.05. The quantitative estimate of drug-likeness (QED) is 0.703. The number of anilines is 1. The van der Waals surface area contributed by atoms with Gasteiger partial charge in [0.1, 0.15) is 5.69 Å². The second-order valence-corrected chi connectivity index (χ2v) is 4.22. The third-order valence-electron chi connectivity index (χ3n) is 2.20. The molecule has 5 heteroatoms. The summed E-state index contributed by atoms with van der Waals surface area (Å²) in [5.41, 5.74) is 0.405. The Morgan fingerprint density at radius 3 is 2.81 bits per heavy atom. The molecule has 0 fully saturated rings. The van der Waals surface area contributed by atoms with Gasteiger partial charge in [-0.25, -0.2) is 9.78 Å². The highest BCUT2D eigenvalue weighted by Gasteiger charge is 2.17. The van der Waals surface area contributed by atoms with Crippen LogP contribution >= 0.6 is 0 Å². The minimum absolute atomic E-state index is 0.00444. The van der Waals surface area contributed by atoms with Gasteiger partial charge in [-0.15, -0.1) is 0 Å². The molecule has 0 spiro atoms. The van der Waals surface area contributed by atoms with Crippen molar-refractivity contribution in [3.63, 3.8) is 0 Å². The number of nitrogens with one attached hydrogen (secondary N) is 1. The third-order valence-corrected chi connectivity index (χ3v) is 2.20. The van der Waals surface area contributed by atoms with Gasteiger partial charge in [0.05, 0.1) is 0 Å². The Hall–Kier alpha value is -1.62. The zero-order valence-corrected chi connectivity index (χ0v) is 9.40. The van der Waals surface area contributed by atoms with Gasteiger partial charge >= 0.3 is 5.97 Å². The number of aliphatic hydroxyl groups excluding tert-OH is 1. The van der Waals surface area contributed by atoms with Crippen LogP contribution in [-0.4, -0.2) is 33.3 Å². The van der Waals surface area contributed by atoms with Crippen LogP contribution in [0.3, 0.4) is 0 Å². The van der Waals surface area contributed by atoms with Crippen molar-refractivity contribution in [2.24, 2.45) is 0 Å². The zero-order valence-electron chi connectivity index (χ0n) is 9.40. The van der Waals surface area contributed by atoms with Crippen LogP contribution in [0.25, 0.3) is 0 Å². The fraction of sp³-hybridized carbons (Fsp3) is 0.455. The molecule has 0 unspecified atom stereocenters. The number of hydrogen-bond donors (Lipinski definition) is 3. The molecule has 0 saturated carbocycles. The number of aromatic nitrogens is 1. The molecule has 0 bridgehead atoms. The number of carbonyl (C=O) groups is 1. The topological polar surface area (TPSA) is 82.5 Å². The van der Waals surface area contributed by atoms with E-state index in [1.165, 1.54) is 12.3 Å². The lowest BCUT2D eigenvalue weighted by molar-refractivity contribution is 0.0690. The summed E-state index contributed by atoms with van der Waals surface area (Å²) in [6.07, 6.45) is 2.03. The van der Waals surface area contributed by atoms with Gasteiger partial charge < -0.3 is 15.5 Å². The number of aromatic carboxylic acids is 1. The first kappa shape index (κ1) is 12.4. The standard InChI is InChI=1S/C11H16N2O3/c1-11(2,4-6-14)13-8-3-5-12-9(7-8)10(15)16/h3,5,7,14H,4,6H2,1-2H3,(H,12,13)(H,15,16). The normalized spacial score (nSPS) is 11.2. The van der Waals surface area contributed by atoms with E-state index in [1.54, 1.807) is 6.07 Å². The molecule has 0 radical (unpaired) electrons. The summed E-state index contributed by atoms with van der Waals surface area (Å²) in [6.45, 7) is 3.95. The first-order chi connectivity index (χ1) is 7.44. The molecule has 0 aliphatic rings. The van der Waals surface area contributed by atoms with Gasteiger partial charge in [-0.1, -0.05) is 0 Å². The Kier molecular flexibility index (Phi) is 3.84. The average molecular weight is 224 g/mol. The molecule has 1 heterocycles. The summed E-state index contributed by atoms with van der Waals surface area (Å²) in [5, 5.41) is 20.8. The molecular weight excluding hydrogens is 208 g/mol. The van der Waals surface area contributed by atoms with E-state index >= 15 is 0 Å². The molecule has 5 nitrogen and oxygen atoms in total. The van der Waals surface area contributed by atoms with Crippen LogP contribution in [0.4, 0.5) is 5.69 Å². The molecule has 88 valence electrons. The van der Waals surface area contributed by atoms with Gasteiger partial charge in [-0.2, -0.15) is 0 Å². The van der Waals surface area contributed by atoms with Gasteiger partial charge in [0, 0.05) is 24.0 Å². The van der Waals surface area contributed by atoms with E-state index in [0.717, 1.165) is 0 Å². The summed E-state index contributed by atoms with van der Waals surface area (Å²) in [7, 11) is 0. The number of carboxylic acids is 1. The highest BCUT2D eigenvalue weighted by atomic mass is 16.4. The number of aliphatic hydroxyl groups is 1. The molecule has 3 N–H and O–H groups in total. The highest BCUT2D eigenvalue weighted by molar-refractivity contribution is 5.86. The Bertz CT molecular complexity index is 377. The van der Waals surface area contributed by atoms with Gasteiger partial charge in [0.15, 0.2) is 0 Å². The van der Waals surface area contributed by atoms with E-state index in [1.807, 2.05) is 13.8 Å². The number of rotatable bonds is 5. The van der Waals surface area contributed by atoms with Crippen molar-refractivity contribution in [1.82, 2.24) is 4.98 Å². The van der Waals surface area contributed by atoms with Crippen LogP contribution in [0, 0.1) is 0 Å². The van der Waals surface area contributed by atoms with E-state index in [-0.39, 0.29) is 17.8 Å². The minimum atomic E-state index is -1.05.